The van der Waals surface area contributed by atoms with E-state index in [-0.39, 0.29) is 29.9 Å². The van der Waals surface area contributed by atoms with Crippen LogP contribution in [0.2, 0.25) is 0 Å². The first-order valence-electron chi connectivity index (χ1n) is 15.3. The van der Waals surface area contributed by atoms with E-state index in [1.807, 2.05) is 20.8 Å². The molecule has 2 N–H and O–H groups in total. The van der Waals surface area contributed by atoms with Crippen LogP contribution in [0.25, 0.3) is 0 Å². The molecule has 2 aliphatic rings. The summed E-state index contributed by atoms with van der Waals surface area (Å²) in [5, 5.41) is 3.21. The van der Waals surface area contributed by atoms with Gasteiger partial charge in [-0.3, -0.25) is 14.3 Å². The quantitative estimate of drug-likeness (QED) is 0.369. The highest BCUT2D eigenvalue weighted by molar-refractivity contribution is 7.90. The number of anilines is 1. The van der Waals surface area contributed by atoms with Crippen LogP contribution in [-0.4, -0.2) is 61.7 Å². The van der Waals surface area contributed by atoms with Gasteiger partial charge in [-0.25, -0.2) is 13.4 Å². The Morgan fingerprint density at radius 3 is 2.27 bits per heavy atom. The molecule has 0 bridgehead atoms. The molecule has 0 spiro atoms. The number of methoxy groups -OCH3 is 1. The lowest BCUT2D eigenvalue weighted by Crippen LogP contribution is -2.54. The van der Waals surface area contributed by atoms with Gasteiger partial charge in [-0.1, -0.05) is 70.4 Å². The summed E-state index contributed by atoms with van der Waals surface area (Å²) < 4.78 is 74.5. The highest BCUT2D eigenvalue weighted by atomic mass is 32.2. The standard InChI is InChI=1S/C32H43F3N4O5S/c1-20-18-23(32(33,34)35)19-24(36-20)37-26-25(31(2,3)4)28(29(40)38-45(42,43)17-16-44-5)39(27(26)21-12-8-6-9-13-21)30(41)22-14-10-7-11-15-22/h6,8-9,12-13,18-19,22,25-28H,7,10-11,14-17H2,1-5H3,(H,36,37)(H,38,40). The summed E-state index contributed by atoms with van der Waals surface area (Å²) in [6, 6.07) is 7.98. The molecule has 4 unspecified atom stereocenters. The van der Waals surface area contributed by atoms with Crippen LogP contribution in [0, 0.1) is 24.2 Å². The zero-order valence-corrected chi connectivity index (χ0v) is 27.2. The Balaban J connectivity index is 1.92. The number of benzene rings is 1. The van der Waals surface area contributed by atoms with E-state index in [2.05, 4.69) is 15.0 Å². The molecular weight excluding hydrogens is 609 g/mol. The molecular formula is C32H43F3N4O5S. The highest BCUT2D eigenvalue weighted by Gasteiger charge is 2.59. The number of likely N-dealkylation sites (tertiary alicyclic amines) is 1. The number of hydrogen-bond donors (Lipinski definition) is 2. The van der Waals surface area contributed by atoms with Crippen LogP contribution in [0.3, 0.4) is 0 Å². The molecule has 4 rings (SSSR count). The largest absolute Gasteiger partial charge is 0.416 e. The van der Waals surface area contributed by atoms with Gasteiger partial charge in [0.15, 0.2) is 0 Å². The number of amides is 2. The molecule has 2 heterocycles. The van der Waals surface area contributed by atoms with Gasteiger partial charge in [0, 0.05) is 24.6 Å². The van der Waals surface area contributed by atoms with Crippen LogP contribution in [0.4, 0.5) is 19.0 Å². The number of aryl methyl sites for hydroxylation is 1. The van der Waals surface area contributed by atoms with E-state index in [0.29, 0.717) is 18.4 Å². The lowest BCUT2D eigenvalue weighted by atomic mass is 9.72. The number of pyridine rings is 1. The Hall–Kier alpha value is -3.19. The van der Waals surface area contributed by atoms with Crippen molar-refractivity contribution in [3.63, 3.8) is 0 Å². The van der Waals surface area contributed by atoms with Crippen LogP contribution in [0.15, 0.2) is 42.5 Å². The number of halogens is 3. The lowest BCUT2D eigenvalue weighted by molar-refractivity contribution is -0.145. The maximum atomic E-state index is 14.5. The first-order chi connectivity index (χ1) is 21.0. The van der Waals surface area contributed by atoms with Crippen LogP contribution in [0.5, 0.6) is 0 Å². The molecule has 1 aliphatic heterocycles. The number of carbonyl (C=O) groups excluding carboxylic acids is 2. The van der Waals surface area contributed by atoms with E-state index in [0.717, 1.165) is 31.4 Å². The van der Waals surface area contributed by atoms with Gasteiger partial charge in [0.2, 0.25) is 15.9 Å². The van der Waals surface area contributed by atoms with Gasteiger partial charge in [0.1, 0.15) is 11.9 Å². The van der Waals surface area contributed by atoms with E-state index < -0.39 is 62.9 Å². The molecule has 13 heteroatoms. The third-order valence-electron chi connectivity index (χ3n) is 8.69. The van der Waals surface area contributed by atoms with Crippen molar-refractivity contribution < 1.29 is 35.9 Å². The molecule has 2 amide bonds. The molecule has 9 nitrogen and oxygen atoms in total. The average molecular weight is 653 g/mol. The van der Waals surface area contributed by atoms with Gasteiger partial charge in [-0.05, 0) is 42.9 Å². The van der Waals surface area contributed by atoms with Gasteiger partial charge in [-0.2, -0.15) is 13.2 Å². The maximum Gasteiger partial charge on any atom is 0.416 e. The van der Waals surface area contributed by atoms with Crippen molar-refractivity contribution in [2.24, 2.45) is 17.3 Å². The minimum Gasteiger partial charge on any atom is -0.384 e. The van der Waals surface area contributed by atoms with E-state index in [4.69, 9.17) is 4.74 Å². The number of sulfonamides is 1. The topological polar surface area (TPSA) is 118 Å². The third kappa shape index (κ3) is 8.16. The minimum atomic E-state index is -4.62. The fourth-order valence-electron chi connectivity index (χ4n) is 6.77. The van der Waals surface area contributed by atoms with Crippen molar-refractivity contribution in [1.29, 1.82) is 0 Å². The number of nitrogens with zero attached hydrogens (tertiary/aromatic N) is 2. The fraction of sp³-hybridized carbons (Fsp3) is 0.594. The highest BCUT2D eigenvalue weighted by Crippen LogP contribution is 2.50. The van der Waals surface area contributed by atoms with E-state index in [1.165, 1.54) is 18.9 Å². The van der Waals surface area contributed by atoms with Crippen molar-refractivity contribution >= 4 is 27.7 Å². The van der Waals surface area contributed by atoms with Gasteiger partial charge in [-0.15, -0.1) is 0 Å². The maximum absolute atomic E-state index is 14.5. The number of alkyl halides is 3. The number of nitrogens with one attached hydrogen (secondary N) is 2. The van der Waals surface area contributed by atoms with Gasteiger partial charge < -0.3 is 15.0 Å². The number of aromatic nitrogens is 1. The van der Waals surface area contributed by atoms with Crippen molar-refractivity contribution in [3.05, 3.63) is 59.3 Å². The number of hydrogen-bond acceptors (Lipinski definition) is 7. The third-order valence-corrected chi connectivity index (χ3v) is 9.91. The molecule has 1 saturated heterocycles. The molecule has 1 aromatic carbocycles. The van der Waals surface area contributed by atoms with Crippen LogP contribution < -0.4 is 10.0 Å². The van der Waals surface area contributed by atoms with Crippen molar-refractivity contribution in [2.45, 2.75) is 84.1 Å². The number of ether oxygens (including phenoxy) is 1. The Morgan fingerprint density at radius 2 is 1.69 bits per heavy atom. The predicted molar refractivity (Wildman–Crippen MR) is 165 cm³/mol. The molecule has 1 saturated carbocycles. The zero-order chi connectivity index (χ0) is 33.2. The van der Waals surface area contributed by atoms with Gasteiger partial charge in [0.05, 0.1) is 30.0 Å². The molecule has 45 heavy (non-hydrogen) atoms. The Kier molecular flexibility index (Phi) is 10.5. The molecule has 2 fully saturated rings. The first-order valence-corrected chi connectivity index (χ1v) is 16.9. The minimum absolute atomic E-state index is 0.0543. The van der Waals surface area contributed by atoms with Crippen LogP contribution in [0.1, 0.15) is 75.7 Å². The summed E-state index contributed by atoms with van der Waals surface area (Å²) in [7, 11) is -2.78. The Labute approximate surface area is 263 Å². The fourth-order valence-corrected chi connectivity index (χ4v) is 7.68. The smallest absolute Gasteiger partial charge is 0.384 e. The van der Waals surface area contributed by atoms with Gasteiger partial charge in [0.25, 0.3) is 5.91 Å². The van der Waals surface area contributed by atoms with Gasteiger partial charge >= 0.3 is 6.18 Å². The predicted octanol–water partition coefficient (Wildman–Crippen LogP) is 5.48. The summed E-state index contributed by atoms with van der Waals surface area (Å²) in [5.41, 5.74) is -0.814. The van der Waals surface area contributed by atoms with Crippen LogP contribution in [-0.2, 0) is 30.5 Å². The Bertz CT molecular complexity index is 1460. The summed E-state index contributed by atoms with van der Waals surface area (Å²) in [4.78, 5) is 34.6. The number of carbonyl (C=O) groups is 2. The lowest BCUT2D eigenvalue weighted by Gasteiger charge is -2.37. The second kappa shape index (κ2) is 13.7. The second-order valence-electron chi connectivity index (χ2n) is 13.1. The molecule has 0 radical (unpaired) electrons. The summed E-state index contributed by atoms with van der Waals surface area (Å²) in [6.45, 7) is 6.93. The van der Waals surface area contributed by atoms with Crippen molar-refractivity contribution in [1.82, 2.24) is 14.6 Å². The van der Waals surface area contributed by atoms with Crippen LogP contribution >= 0.6 is 0 Å². The summed E-state index contributed by atoms with van der Waals surface area (Å²) >= 11 is 0. The van der Waals surface area contributed by atoms with Crippen molar-refractivity contribution in [2.75, 3.05) is 24.8 Å². The van der Waals surface area contributed by atoms with Crippen molar-refractivity contribution in [3.8, 4) is 0 Å². The van der Waals surface area contributed by atoms with E-state index in [9.17, 15) is 31.2 Å². The molecule has 4 atom stereocenters. The normalized spacial score (nSPS) is 23.2. The zero-order valence-electron chi connectivity index (χ0n) is 26.4. The SMILES string of the molecule is COCCS(=O)(=O)NC(=O)C1C(C(C)(C)C)C(Nc2cc(C(F)(F)F)cc(C)n2)C(c2ccccc2)N1C(=O)C1CCCCC1. The Morgan fingerprint density at radius 1 is 1.04 bits per heavy atom. The summed E-state index contributed by atoms with van der Waals surface area (Å²) in [6.07, 6.45) is -0.679. The monoisotopic (exact) mass is 652 g/mol. The first kappa shape index (κ1) is 34.7. The average Bonchev–Trinajstić information content (AvgIpc) is 3.31. The van der Waals surface area contributed by atoms with E-state index in [1.54, 1.807) is 30.3 Å². The van der Waals surface area contributed by atoms with E-state index >= 15 is 0 Å². The molecule has 1 aromatic heterocycles. The molecule has 248 valence electrons. The second-order valence-corrected chi connectivity index (χ2v) is 14.9. The number of rotatable bonds is 9. The molecule has 2 aromatic rings. The molecule has 1 aliphatic carbocycles. The summed E-state index contributed by atoms with van der Waals surface area (Å²) in [5.74, 6) is -2.78.